The van der Waals surface area contributed by atoms with Crippen LogP contribution in [0.1, 0.15) is 64.6 Å². The molecule has 1 aliphatic rings. The van der Waals surface area contributed by atoms with Crippen molar-refractivity contribution in [2.75, 3.05) is 24.5 Å². The molecule has 0 saturated carbocycles. The third kappa shape index (κ3) is 4.19. The van der Waals surface area contributed by atoms with Gasteiger partial charge in [0.15, 0.2) is 5.13 Å². The number of nitrogens with one attached hydrogen (secondary N) is 1. The van der Waals surface area contributed by atoms with Gasteiger partial charge in [0, 0.05) is 24.5 Å². The van der Waals surface area contributed by atoms with E-state index in [1.54, 1.807) is 0 Å². The minimum atomic E-state index is 0.366. The topological polar surface area (TPSA) is 28.2 Å². The zero-order chi connectivity index (χ0) is 14.4. The summed E-state index contributed by atoms with van der Waals surface area (Å²) < 4.78 is 0. The van der Waals surface area contributed by atoms with Crippen molar-refractivity contribution in [2.24, 2.45) is 5.92 Å². The molecule has 2 heterocycles. The molecule has 2 unspecified atom stereocenters. The van der Waals surface area contributed by atoms with Crippen molar-refractivity contribution in [1.29, 1.82) is 0 Å². The molecule has 2 atom stereocenters. The van der Waals surface area contributed by atoms with Crippen LogP contribution in [-0.2, 0) is 0 Å². The summed E-state index contributed by atoms with van der Waals surface area (Å²) in [6, 6.07) is 0.366. The van der Waals surface area contributed by atoms with Crippen LogP contribution in [0, 0.1) is 5.92 Å². The van der Waals surface area contributed by atoms with Gasteiger partial charge in [0.2, 0.25) is 0 Å². The van der Waals surface area contributed by atoms with E-state index in [-0.39, 0.29) is 0 Å². The van der Waals surface area contributed by atoms with Crippen molar-refractivity contribution < 1.29 is 0 Å². The van der Waals surface area contributed by atoms with E-state index in [0.717, 1.165) is 12.5 Å². The van der Waals surface area contributed by atoms with Gasteiger partial charge in [-0.2, -0.15) is 0 Å². The Kier molecular flexibility index (Phi) is 6.30. The van der Waals surface area contributed by atoms with Crippen LogP contribution >= 0.6 is 11.3 Å². The Morgan fingerprint density at radius 2 is 2.25 bits per heavy atom. The highest BCUT2D eigenvalue weighted by molar-refractivity contribution is 7.13. The molecule has 1 N–H and O–H groups in total. The smallest absolute Gasteiger partial charge is 0.185 e. The Labute approximate surface area is 127 Å². The van der Waals surface area contributed by atoms with Gasteiger partial charge in [0.1, 0.15) is 0 Å². The molecule has 1 saturated heterocycles. The van der Waals surface area contributed by atoms with E-state index in [1.807, 2.05) is 11.3 Å². The van der Waals surface area contributed by atoms with Crippen LogP contribution in [0.25, 0.3) is 0 Å². The maximum atomic E-state index is 4.85. The zero-order valence-corrected chi connectivity index (χ0v) is 14.0. The molecule has 0 bridgehead atoms. The standard InChI is InChI=1S/C16H29N3S/c1-4-7-14-8-6-10-19(11-9-14)16-18-15(12-20-16)13(3)17-5-2/h12-14,17H,4-11H2,1-3H3. The second-order valence-corrected chi connectivity index (χ2v) is 6.74. The molecule has 0 aromatic carbocycles. The molecular formula is C16H29N3S. The molecule has 3 nitrogen and oxygen atoms in total. The van der Waals surface area contributed by atoms with Gasteiger partial charge in [-0.25, -0.2) is 4.98 Å². The Morgan fingerprint density at radius 3 is 3.00 bits per heavy atom. The lowest BCUT2D eigenvalue weighted by Crippen LogP contribution is -2.24. The van der Waals surface area contributed by atoms with Gasteiger partial charge in [0.25, 0.3) is 0 Å². The van der Waals surface area contributed by atoms with E-state index >= 15 is 0 Å². The van der Waals surface area contributed by atoms with E-state index in [0.29, 0.717) is 6.04 Å². The molecule has 4 heteroatoms. The summed E-state index contributed by atoms with van der Waals surface area (Å²) in [5.74, 6) is 0.935. The number of anilines is 1. The van der Waals surface area contributed by atoms with Crippen molar-refractivity contribution in [2.45, 2.75) is 58.9 Å². The quantitative estimate of drug-likeness (QED) is 0.851. The molecular weight excluding hydrogens is 266 g/mol. The third-order valence-corrected chi connectivity index (χ3v) is 5.20. The molecule has 1 fully saturated rings. The minimum absolute atomic E-state index is 0.366. The van der Waals surface area contributed by atoms with Crippen molar-refractivity contribution in [1.82, 2.24) is 10.3 Å². The summed E-state index contributed by atoms with van der Waals surface area (Å²) in [5.41, 5.74) is 1.20. The Balaban J connectivity index is 1.94. The van der Waals surface area contributed by atoms with Gasteiger partial charge < -0.3 is 10.2 Å². The highest BCUT2D eigenvalue weighted by Gasteiger charge is 2.19. The van der Waals surface area contributed by atoms with Gasteiger partial charge in [-0.1, -0.05) is 26.7 Å². The van der Waals surface area contributed by atoms with Gasteiger partial charge >= 0.3 is 0 Å². The van der Waals surface area contributed by atoms with E-state index in [2.05, 4.69) is 36.4 Å². The highest BCUT2D eigenvalue weighted by atomic mass is 32.1. The first-order chi connectivity index (χ1) is 9.74. The zero-order valence-electron chi connectivity index (χ0n) is 13.2. The lowest BCUT2D eigenvalue weighted by Gasteiger charge is -2.19. The van der Waals surface area contributed by atoms with Crippen LogP contribution in [0.5, 0.6) is 0 Å². The van der Waals surface area contributed by atoms with Gasteiger partial charge in [-0.15, -0.1) is 11.3 Å². The summed E-state index contributed by atoms with van der Waals surface area (Å²) in [6.07, 6.45) is 6.78. The summed E-state index contributed by atoms with van der Waals surface area (Å²) in [5, 5.41) is 6.88. The summed E-state index contributed by atoms with van der Waals surface area (Å²) in [4.78, 5) is 7.35. The molecule has 1 aliphatic heterocycles. The summed E-state index contributed by atoms with van der Waals surface area (Å²) in [6.45, 7) is 10.0. The molecule has 0 aliphatic carbocycles. The predicted octanol–water partition coefficient (Wildman–Crippen LogP) is 4.22. The van der Waals surface area contributed by atoms with Crippen molar-refractivity contribution in [3.05, 3.63) is 11.1 Å². The van der Waals surface area contributed by atoms with Crippen molar-refractivity contribution in [3.63, 3.8) is 0 Å². The molecule has 0 spiro atoms. The first-order valence-corrected chi connectivity index (χ1v) is 9.06. The molecule has 0 radical (unpaired) electrons. The Bertz CT molecular complexity index is 391. The number of nitrogens with zero attached hydrogens (tertiary/aromatic N) is 2. The van der Waals surface area contributed by atoms with Gasteiger partial charge in [0.05, 0.1) is 5.69 Å². The van der Waals surface area contributed by atoms with Crippen LogP contribution < -0.4 is 10.2 Å². The largest absolute Gasteiger partial charge is 0.348 e. The fourth-order valence-electron chi connectivity index (χ4n) is 3.08. The maximum Gasteiger partial charge on any atom is 0.185 e. The molecule has 114 valence electrons. The van der Waals surface area contributed by atoms with Crippen molar-refractivity contribution in [3.8, 4) is 0 Å². The third-order valence-electron chi connectivity index (χ3n) is 4.28. The first-order valence-electron chi connectivity index (χ1n) is 8.18. The molecule has 1 aromatic heterocycles. The van der Waals surface area contributed by atoms with Crippen molar-refractivity contribution >= 4 is 16.5 Å². The number of thiazole rings is 1. The van der Waals surface area contributed by atoms with E-state index in [9.17, 15) is 0 Å². The highest BCUT2D eigenvalue weighted by Crippen LogP contribution is 2.28. The Hall–Kier alpha value is -0.610. The monoisotopic (exact) mass is 295 g/mol. The second kappa shape index (κ2) is 7.99. The summed E-state index contributed by atoms with van der Waals surface area (Å²) >= 11 is 1.81. The molecule has 2 rings (SSSR count). The molecule has 20 heavy (non-hydrogen) atoms. The average Bonchev–Trinajstić information content (AvgIpc) is 2.81. The lowest BCUT2D eigenvalue weighted by molar-refractivity contribution is 0.435. The minimum Gasteiger partial charge on any atom is -0.348 e. The van der Waals surface area contributed by atoms with E-state index in [1.165, 1.54) is 56.0 Å². The number of hydrogen-bond donors (Lipinski definition) is 1. The van der Waals surface area contributed by atoms with Gasteiger partial charge in [-0.3, -0.25) is 0 Å². The second-order valence-electron chi connectivity index (χ2n) is 5.91. The van der Waals surface area contributed by atoms with E-state index in [4.69, 9.17) is 4.98 Å². The number of hydrogen-bond acceptors (Lipinski definition) is 4. The fraction of sp³-hybridized carbons (Fsp3) is 0.812. The lowest BCUT2D eigenvalue weighted by atomic mass is 9.96. The maximum absolute atomic E-state index is 4.85. The van der Waals surface area contributed by atoms with E-state index < -0.39 is 0 Å². The Morgan fingerprint density at radius 1 is 1.40 bits per heavy atom. The molecule has 0 amide bonds. The SMILES string of the molecule is CCCC1CCCN(c2nc(C(C)NCC)cs2)CC1. The van der Waals surface area contributed by atoms with Crippen LogP contribution in [-0.4, -0.2) is 24.6 Å². The number of aromatic nitrogens is 1. The fourth-order valence-corrected chi connectivity index (χ4v) is 4.06. The van der Waals surface area contributed by atoms with Gasteiger partial charge in [-0.05, 0) is 38.6 Å². The van der Waals surface area contributed by atoms with Crippen LogP contribution in [0.15, 0.2) is 5.38 Å². The van der Waals surface area contributed by atoms with Crippen LogP contribution in [0.2, 0.25) is 0 Å². The first kappa shape index (κ1) is 15.8. The predicted molar refractivity (Wildman–Crippen MR) is 88.7 cm³/mol. The average molecular weight is 295 g/mol. The normalized spacial score (nSPS) is 21.8. The summed E-state index contributed by atoms with van der Waals surface area (Å²) in [7, 11) is 0. The molecule has 1 aromatic rings. The van der Waals surface area contributed by atoms with Crippen LogP contribution in [0.4, 0.5) is 5.13 Å². The van der Waals surface area contributed by atoms with Crippen LogP contribution in [0.3, 0.4) is 0 Å². The number of rotatable bonds is 6.